The summed E-state index contributed by atoms with van der Waals surface area (Å²) in [6.45, 7) is 1.86. The van der Waals surface area contributed by atoms with Crippen LogP contribution in [0.2, 0.25) is 0 Å². The Labute approximate surface area is 217 Å². The van der Waals surface area contributed by atoms with Crippen molar-refractivity contribution >= 4 is 56.5 Å². The van der Waals surface area contributed by atoms with Gasteiger partial charge in [-0.1, -0.05) is 60.7 Å². The molecule has 178 valence electrons. The van der Waals surface area contributed by atoms with E-state index in [9.17, 15) is 9.59 Å². The summed E-state index contributed by atoms with van der Waals surface area (Å²) in [5.41, 5.74) is 3.17. The lowest BCUT2D eigenvalue weighted by molar-refractivity contribution is -0.115. The van der Waals surface area contributed by atoms with Gasteiger partial charge in [0.05, 0.1) is 10.9 Å². The van der Waals surface area contributed by atoms with E-state index in [2.05, 4.69) is 15.6 Å². The molecule has 4 aromatic carbocycles. The maximum Gasteiger partial charge on any atom is 0.255 e. The number of benzene rings is 4. The molecular formula is C29H23N3O2S2. The van der Waals surface area contributed by atoms with Crippen LogP contribution in [0.15, 0.2) is 107 Å². The number of aromatic nitrogens is 1. The van der Waals surface area contributed by atoms with Gasteiger partial charge in [-0.2, -0.15) is 0 Å². The van der Waals surface area contributed by atoms with Gasteiger partial charge < -0.3 is 10.6 Å². The van der Waals surface area contributed by atoms with Gasteiger partial charge in [-0.05, 0) is 54.1 Å². The second-order valence-electron chi connectivity index (χ2n) is 8.19. The molecular weight excluding hydrogens is 486 g/mol. The van der Waals surface area contributed by atoms with E-state index in [1.165, 1.54) is 23.1 Å². The third-order valence-corrected chi connectivity index (χ3v) is 7.48. The van der Waals surface area contributed by atoms with Crippen LogP contribution in [-0.2, 0) is 4.79 Å². The SMILES string of the molecule is CC(Sc1ccc(NC(=O)c2ccc3ccccc3c2)cc1)C(=O)Nc1nc(-c2ccccc2)cs1. The molecule has 5 rings (SSSR count). The Balaban J connectivity index is 1.16. The fourth-order valence-corrected chi connectivity index (χ4v) is 5.28. The number of thioether (sulfide) groups is 1. The van der Waals surface area contributed by atoms with Crippen LogP contribution in [0.5, 0.6) is 0 Å². The molecule has 1 atom stereocenters. The van der Waals surface area contributed by atoms with E-state index in [0.717, 1.165) is 26.9 Å². The van der Waals surface area contributed by atoms with Gasteiger partial charge in [0.15, 0.2) is 5.13 Å². The van der Waals surface area contributed by atoms with Gasteiger partial charge in [0.1, 0.15) is 0 Å². The predicted molar refractivity (Wildman–Crippen MR) is 150 cm³/mol. The first kappa shape index (κ1) is 23.8. The monoisotopic (exact) mass is 509 g/mol. The molecule has 0 spiro atoms. The van der Waals surface area contributed by atoms with Crippen molar-refractivity contribution < 1.29 is 9.59 Å². The zero-order valence-corrected chi connectivity index (χ0v) is 21.1. The molecule has 0 saturated carbocycles. The van der Waals surface area contributed by atoms with Crippen LogP contribution in [0, 0.1) is 0 Å². The number of hydrogen-bond acceptors (Lipinski definition) is 5. The summed E-state index contributed by atoms with van der Waals surface area (Å²) in [5, 5.41) is 10.2. The molecule has 1 unspecified atom stereocenters. The van der Waals surface area contributed by atoms with Gasteiger partial charge >= 0.3 is 0 Å². The van der Waals surface area contributed by atoms with Crippen molar-refractivity contribution in [3.63, 3.8) is 0 Å². The first-order valence-electron chi connectivity index (χ1n) is 11.4. The van der Waals surface area contributed by atoms with Gasteiger partial charge in [0.25, 0.3) is 5.91 Å². The molecule has 0 aliphatic rings. The fourth-order valence-electron chi connectivity index (χ4n) is 3.69. The third-order valence-electron chi connectivity index (χ3n) is 5.61. The van der Waals surface area contributed by atoms with Crippen LogP contribution in [0.1, 0.15) is 17.3 Å². The first-order chi connectivity index (χ1) is 17.5. The van der Waals surface area contributed by atoms with Gasteiger partial charge in [-0.25, -0.2) is 4.98 Å². The van der Waals surface area contributed by atoms with Crippen molar-refractivity contribution in [3.8, 4) is 11.3 Å². The molecule has 7 heteroatoms. The Kier molecular flexibility index (Phi) is 7.11. The van der Waals surface area contributed by atoms with Crippen LogP contribution in [-0.4, -0.2) is 22.0 Å². The summed E-state index contributed by atoms with van der Waals surface area (Å²) in [7, 11) is 0. The summed E-state index contributed by atoms with van der Waals surface area (Å²) < 4.78 is 0. The third kappa shape index (κ3) is 5.64. The van der Waals surface area contributed by atoms with Crippen LogP contribution >= 0.6 is 23.1 Å². The number of hydrogen-bond donors (Lipinski definition) is 2. The Bertz CT molecular complexity index is 1510. The van der Waals surface area contributed by atoms with E-state index in [1.54, 1.807) is 0 Å². The first-order valence-corrected chi connectivity index (χ1v) is 13.2. The predicted octanol–water partition coefficient (Wildman–Crippen LogP) is 7.33. The van der Waals surface area contributed by atoms with Gasteiger partial charge in [0.2, 0.25) is 5.91 Å². The Hall–Kier alpha value is -3.94. The fraction of sp³-hybridized carbons (Fsp3) is 0.0690. The summed E-state index contributed by atoms with van der Waals surface area (Å²) >= 11 is 2.86. The second kappa shape index (κ2) is 10.8. The van der Waals surface area contributed by atoms with E-state index < -0.39 is 0 Å². The highest BCUT2D eigenvalue weighted by molar-refractivity contribution is 8.00. The van der Waals surface area contributed by atoms with Crippen molar-refractivity contribution in [2.45, 2.75) is 17.1 Å². The van der Waals surface area contributed by atoms with Crippen molar-refractivity contribution in [1.82, 2.24) is 4.98 Å². The zero-order chi connectivity index (χ0) is 24.9. The molecule has 1 aromatic heterocycles. The van der Waals surface area contributed by atoms with Crippen LogP contribution < -0.4 is 10.6 Å². The Morgan fingerprint density at radius 1 is 0.833 bits per heavy atom. The minimum atomic E-state index is -0.313. The summed E-state index contributed by atoms with van der Waals surface area (Å²) in [6, 6.07) is 31.0. The van der Waals surface area contributed by atoms with Crippen molar-refractivity contribution in [3.05, 3.63) is 108 Å². The number of fused-ring (bicyclic) bond motifs is 1. The number of nitrogens with one attached hydrogen (secondary N) is 2. The topological polar surface area (TPSA) is 71.1 Å². The number of thiazole rings is 1. The molecule has 1 heterocycles. The van der Waals surface area contributed by atoms with E-state index >= 15 is 0 Å². The lowest BCUT2D eigenvalue weighted by atomic mass is 10.1. The largest absolute Gasteiger partial charge is 0.322 e. The molecule has 5 aromatic rings. The summed E-state index contributed by atoms with van der Waals surface area (Å²) in [4.78, 5) is 30.9. The second-order valence-corrected chi connectivity index (χ2v) is 10.5. The minimum absolute atomic E-state index is 0.109. The number of anilines is 2. The summed E-state index contributed by atoms with van der Waals surface area (Å²) in [6.07, 6.45) is 0. The number of carbonyl (C=O) groups is 2. The zero-order valence-electron chi connectivity index (χ0n) is 19.5. The van der Waals surface area contributed by atoms with Gasteiger partial charge in [-0.15, -0.1) is 23.1 Å². The lowest BCUT2D eigenvalue weighted by Crippen LogP contribution is -2.22. The molecule has 2 N–H and O–H groups in total. The van der Waals surface area contributed by atoms with Crippen molar-refractivity contribution in [1.29, 1.82) is 0 Å². The summed E-state index contributed by atoms with van der Waals surface area (Å²) in [5.74, 6) is -0.269. The molecule has 0 aliphatic carbocycles. The normalized spacial score (nSPS) is 11.7. The number of amides is 2. The number of rotatable bonds is 7. The van der Waals surface area contributed by atoms with E-state index in [1.807, 2.05) is 109 Å². The molecule has 5 nitrogen and oxygen atoms in total. The van der Waals surface area contributed by atoms with Crippen LogP contribution in [0.3, 0.4) is 0 Å². The molecule has 0 aliphatic heterocycles. The number of carbonyl (C=O) groups excluding carboxylic acids is 2. The van der Waals surface area contributed by atoms with Crippen molar-refractivity contribution in [2.24, 2.45) is 0 Å². The molecule has 36 heavy (non-hydrogen) atoms. The molecule has 0 saturated heterocycles. The maximum atomic E-state index is 12.7. The quantitative estimate of drug-likeness (QED) is 0.225. The van der Waals surface area contributed by atoms with E-state index in [0.29, 0.717) is 16.4 Å². The van der Waals surface area contributed by atoms with Gasteiger partial charge in [0, 0.05) is 27.1 Å². The highest BCUT2D eigenvalue weighted by Crippen LogP contribution is 2.28. The highest BCUT2D eigenvalue weighted by Gasteiger charge is 2.17. The Morgan fingerprint density at radius 3 is 2.33 bits per heavy atom. The Morgan fingerprint density at radius 2 is 1.56 bits per heavy atom. The van der Waals surface area contributed by atoms with Crippen molar-refractivity contribution in [2.75, 3.05) is 10.6 Å². The van der Waals surface area contributed by atoms with Gasteiger partial charge in [-0.3, -0.25) is 9.59 Å². The maximum absolute atomic E-state index is 12.7. The smallest absolute Gasteiger partial charge is 0.255 e. The van der Waals surface area contributed by atoms with E-state index in [-0.39, 0.29) is 17.1 Å². The van der Waals surface area contributed by atoms with E-state index in [4.69, 9.17) is 0 Å². The average Bonchev–Trinajstić information content (AvgIpc) is 3.38. The number of nitrogens with zero attached hydrogens (tertiary/aromatic N) is 1. The highest BCUT2D eigenvalue weighted by atomic mass is 32.2. The minimum Gasteiger partial charge on any atom is -0.322 e. The average molecular weight is 510 g/mol. The molecule has 0 radical (unpaired) electrons. The lowest BCUT2D eigenvalue weighted by Gasteiger charge is -2.11. The molecule has 0 fully saturated rings. The van der Waals surface area contributed by atoms with Crippen LogP contribution in [0.4, 0.5) is 10.8 Å². The standard InChI is InChI=1S/C29H23N3O2S2/c1-19(27(33)32-29-31-26(18-35-29)21-8-3-2-4-9-21)36-25-15-13-24(14-16-25)30-28(34)23-12-11-20-7-5-6-10-22(20)17-23/h2-19H,1H3,(H,30,34)(H,31,32,33). The van der Waals surface area contributed by atoms with Crippen LogP contribution in [0.25, 0.3) is 22.0 Å². The molecule has 2 amide bonds. The molecule has 0 bridgehead atoms.